The smallest absolute Gasteiger partial charge is 0.415 e. The van der Waals surface area contributed by atoms with E-state index in [0.29, 0.717) is 18.2 Å². The van der Waals surface area contributed by atoms with E-state index >= 15 is 0 Å². The monoisotopic (exact) mass is 328 g/mol. The molecule has 1 aliphatic rings. The first-order valence-corrected chi connectivity index (χ1v) is 6.88. The number of carbonyl (C=O) groups excluding carboxylic acids is 1. The number of pyridine rings is 1. The molecule has 104 valence electrons. The van der Waals surface area contributed by atoms with Crippen molar-refractivity contribution < 1.29 is 14.3 Å². The summed E-state index contributed by atoms with van der Waals surface area (Å²) in [5, 5.41) is 0. The second kappa shape index (κ2) is 5.00. The van der Waals surface area contributed by atoms with E-state index < -0.39 is 5.60 Å². The minimum atomic E-state index is -0.533. The molecule has 1 aliphatic heterocycles. The molecule has 0 aliphatic carbocycles. The number of amides is 1. The van der Waals surface area contributed by atoms with Crippen molar-refractivity contribution in [1.29, 1.82) is 0 Å². The average Bonchev–Trinajstić information content (AvgIpc) is 2.25. The van der Waals surface area contributed by atoms with Gasteiger partial charge in [-0.1, -0.05) is 0 Å². The van der Waals surface area contributed by atoms with Crippen molar-refractivity contribution in [2.24, 2.45) is 0 Å². The Kier molecular flexibility index (Phi) is 3.71. The molecule has 0 N–H and O–H groups in total. The molecule has 0 bridgehead atoms. The normalized spacial score (nSPS) is 18.6. The highest BCUT2D eigenvalue weighted by Gasteiger charge is 2.33. The fourth-order valence-corrected chi connectivity index (χ4v) is 2.12. The van der Waals surface area contributed by atoms with Crippen LogP contribution in [0, 0.1) is 0 Å². The molecule has 0 fully saturated rings. The summed E-state index contributed by atoms with van der Waals surface area (Å²) < 4.78 is 11.7. The molecule has 1 unspecified atom stereocenters. The SMILES string of the molecule is CC1COc2ncc(Br)cc2N1C(=O)OC(C)(C)C. The molecule has 0 radical (unpaired) electrons. The maximum absolute atomic E-state index is 12.3. The number of anilines is 1. The van der Waals surface area contributed by atoms with E-state index in [2.05, 4.69) is 20.9 Å². The number of fused-ring (bicyclic) bond motifs is 1. The van der Waals surface area contributed by atoms with Gasteiger partial charge >= 0.3 is 6.09 Å². The highest BCUT2D eigenvalue weighted by molar-refractivity contribution is 9.10. The Morgan fingerprint density at radius 3 is 2.89 bits per heavy atom. The Hall–Kier alpha value is -1.30. The number of halogens is 1. The van der Waals surface area contributed by atoms with Crippen LogP contribution in [-0.4, -0.2) is 29.3 Å². The summed E-state index contributed by atoms with van der Waals surface area (Å²) in [6.07, 6.45) is 1.26. The van der Waals surface area contributed by atoms with Crippen molar-refractivity contribution in [2.45, 2.75) is 39.3 Å². The molecule has 6 heteroatoms. The molecule has 5 nitrogen and oxygen atoms in total. The maximum Gasteiger partial charge on any atom is 0.415 e. The first-order chi connectivity index (χ1) is 8.78. The van der Waals surface area contributed by atoms with Crippen LogP contribution in [0.1, 0.15) is 27.7 Å². The third kappa shape index (κ3) is 3.18. The van der Waals surface area contributed by atoms with Gasteiger partial charge in [0.2, 0.25) is 5.88 Å². The predicted octanol–water partition coefficient (Wildman–Crippen LogP) is 3.37. The summed E-state index contributed by atoms with van der Waals surface area (Å²) in [5.74, 6) is 0.451. The largest absolute Gasteiger partial charge is 0.474 e. The highest BCUT2D eigenvalue weighted by Crippen LogP contribution is 2.34. The Balaban J connectivity index is 2.35. The molecule has 1 amide bonds. The third-order valence-corrected chi connectivity index (χ3v) is 2.98. The summed E-state index contributed by atoms with van der Waals surface area (Å²) in [6, 6.07) is 1.71. The molecule has 0 saturated carbocycles. The van der Waals surface area contributed by atoms with E-state index in [1.54, 1.807) is 11.1 Å². The first-order valence-electron chi connectivity index (χ1n) is 6.08. The van der Waals surface area contributed by atoms with Crippen molar-refractivity contribution in [3.8, 4) is 5.88 Å². The van der Waals surface area contributed by atoms with Gasteiger partial charge in [0.15, 0.2) is 0 Å². The van der Waals surface area contributed by atoms with Crippen LogP contribution in [0.3, 0.4) is 0 Å². The number of ether oxygens (including phenoxy) is 2. The molecule has 0 saturated heterocycles. The molecule has 2 rings (SSSR count). The van der Waals surface area contributed by atoms with Crippen LogP contribution in [0.25, 0.3) is 0 Å². The molecule has 2 heterocycles. The van der Waals surface area contributed by atoms with E-state index in [9.17, 15) is 4.79 Å². The van der Waals surface area contributed by atoms with Gasteiger partial charge in [-0.3, -0.25) is 4.90 Å². The average molecular weight is 329 g/mol. The molecular weight excluding hydrogens is 312 g/mol. The first kappa shape index (κ1) is 14.1. The number of rotatable bonds is 0. The van der Waals surface area contributed by atoms with Crippen molar-refractivity contribution in [3.05, 3.63) is 16.7 Å². The van der Waals surface area contributed by atoms with Gasteiger partial charge in [0.25, 0.3) is 0 Å². The summed E-state index contributed by atoms with van der Waals surface area (Å²) in [7, 11) is 0. The van der Waals surface area contributed by atoms with E-state index in [-0.39, 0.29) is 12.1 Å². The molecule has 1 atom stereocenters. The second-order valence-corrected chi connectivity index (χ2v) is 6.40. The summed E-state index contributed by atoms with van der Waals surface area (Å²) in [5.41, 5.74) is 0.0942. The molecule has 0 aromatic carbocycles. The van der Waals surface area contributed by atoms with Crippen LogP contribution in [0.5, 0.6) is 5.88 Å². The van der Waals surface area contributed by atoms with Crippen LogP contribution < -0.4 is 9.64 Å². The lowest BCUT2D eigenvalue weighted by Gasteiger charge is -2.35. The molecule has 1 aromatic heterocycles. The van der Waals surface area contributed by atoms with Crippen molar-refractivity contribution in [3.63, 3.8) is 0 Å². The molecular formula is C13H17BrN2O3. The van der Waals surface area contributed by atoms with E-state index in [4.69, 9.17) is 9.47 Å². The van der Waals surface area contributed by atoms with Crippen molar-refractivity contribution in [2.75, 3.05) is 11.5 Å². The number of hydrogen-bond acceptors (Lipinski definition) is 4. The highest BCUT2D eigenvalue weighted by atomic mass is 79.9. The Morgan fingerprint density at radius 2 is 2.26 bits per heavy atom. The van der Waals surface area contributed by atoms with Gasteiger partial charge in [-0.05, 0) is 49.7 Å². The van der Waals surface area contributed by atoms with Gasteiger partial charge in [-0.25, -0.2) is 9.78 Å². The third-order valence-electron chi connectivity index (χ3n) is 2.55. The number of nitrogens with zero attached hydrogens (tertiary/aromatic N) is 2. The number of carbonyl (C=O) groups is 1. The van der Waals surface area contributed by atoms with Gasteiger partial charge in [-0.2, -0.15) is 0 Å². The lowest BCUT2D eigenvalue weighted by Crippen LogP contribution is -2.47. The van der Waals surface area contributed by atoms with Crippen molar-refractivity contribution in [1.82, 2.24) is 4.98 Å². The van der Waals surface area contributed by atoms with Gasteiger partial charge in [0.05, 0.1) is 6.04 Å². The van der Waals surface area contributed by atoms with E-state index in [1.165, 1.54) is 0 Å². The second-order valence-electron chi connectivity index (χ2n) is 5.49. The van der Waals surface area contributed by atoms with E-state index in [0.717, 1.165) is 4.47 Å². The Morgan fingerprint density at radius 1 is 1.58 bits per heavy atom. The number of hydrogen-bond donors (Lipinski definition) is 0. The van der Waals surface area contributed by atoms with Crippen LogP contribution in [0.15, 0.2) is 16.7 Å². The summed E-state index contributed by atoms with van der Waals surface area (Å²) in [4.78, 5) is 18.1. The van der Waals surface area contributed by atoms with Gasteiger partial charge in [0.1, 0.15) is 17.9 Å². The maximum atomic E-state index is 12.3. The molecule has 1 aromatic rings. The standard InChI is InChI=1S/C13H17BrN2O3/c1-8-7-18-11-10(5-9(14)6-15-11)16(8)12(17)19-13(2,3)4/h5-6,8H,7H2,1-4H3. The van der Waals surface area contributed by atoms with Crippen LogP contribution in [-0.2, 0) is 4.74 Å². The molecule has 19 heavy (non-hydrogen) atoms. The quantitative estimate of drug-likeness (QED) is 0.732. The zero-order valence-electron chi connectivity index (χ0n) is 11.4. The predicted molar refractivity (Wildman–Crippen MR) is 75.6 cm³/mol. The van der Waals surface area contributed by atoms with Gasteiger partial charge < -0.3 is 9.47 Å². The van der Waals surface area contributed by atoms with Crippen LogP contribution in [0.4, 0.5) is 10.5 Å². The van der Waals surface area contributed by atoms with Gasteiger partial charge in [0, 0.05) is 10.7 Å². The van der Waals surface area contributed by atoms with Gasteiger partial charge in [-0.15, -0.1) is 0 Å². The fraction of sp³-hybridized carbons (Fsp3) is 0.538. The van der Waals surface area contributed by atoms with Crippen molar-refractivity contribution >= 4 is 27.7 Å². The van der Waals surface area contributed by atoms with Crippen LogP contribution >= 0.6 is 15.9 Å². The zero-order valence-corrected chi connectivity index (χ0v) is 13.0. The Bertz CT molecular complexity index is 499. The molecule has 0 spiro atoms. The summed E-state index contributed by atoms with van der Waals surface area (Å²) in [6.45, 7) is 7.84. The number of aromatic nitrogens is 1. The topological polar surface area (TPSA) is 51.7 Å². The lowest BCUT2D eigenvalue weighted by atomic mass is 10.2. The fourth-order valence-electron chi connectivity index (χ4n) is 1.80. The summed E-state index contributed by atoms with van der Waals surface area (Å²) >= 11 is 3.35. The minimum absolute atomic E-state index is 0.0987. The minimum Gasteiger partial charge on any atom is -0.474 e. The lowest BCUT2D eigenvalue weighted by molar-refractivity contribution is 0.0546. The van der Waals surface area contributed by atoms with E-state index in [1.807, 2.05) is 33.8 Å². The van der Waals surface area contributed by atoms with Crippen LogP contribution in [0.2, 0.25) is 0 Å². The Labute approximate surface area is 121 Å². The zero-order chi connectivity index (χ0) is 14.2.